The number of ketones is 1. The number of nitrogens with zero attached hydrogens (tertiary/aromatic N) is 3. The molecule has 0 aliphatic carbocycles. The van der Waals surface area contributed by atoms with E-state index < -0.39 is 10.0 Å². The Morgan fingerprint density at radius 3 is 2.50 bits per heavy atom. The van der Waals surface area contributed by atoms with Crippen LogP contribution in [0.15, 0.2) is 70.4 Å². The van der Waals surface area contributed by atoms with Gasteiger partial charge in [-0.05, 0) is 54.6 Å². The van der Waals surface area contributed by atoms with Gasteiger partial charge in [0.1, 0.15) is 17.3 Å². The van der Waals surface area contributed by atoms with E-state index in [1.807, 2.05) is 10.6 Å². The van der Waals surface area contributed by atoms with E-state index in [0.29, 0.717) is 46.0 Å². The molecular formula is C24H24N4O6S2. The molecule has 0 aliphatic heterocycles. The van der Waals surface area contributed by atoms with Gasteiger partial charge < -0.3 is 13.9 Å². The molecule has 4 rings (SSSR count). The second-order valence-electron chi connectivity index (χ2n) is 7.70. The quantitative estimate of drug-likeness (QED) is 0.227. The SMILES string of the molecule is COc1ccc(OC)c(C(=O)CSc2nnc(-c3ccc(NS(C)(=O)=O)cc3)n2Cc2ccco2)c1. The Bertz CT molecular complexity index is 1450. The standard InChI is InChI=1S/C24H24N4O6S2/c1-32-18-10-11-22(33-2)20(13-18)21(29)15-35-24-26-25-23(28(24)14-19-5-4-12-34-19)16-6-8-17(9-7-16)27-36(3,30)31/h4-13,27H,14-15H2,1-3H3. The van der Waals surface area contributed by atoms with Crippen molar-refractivity contribution in [1.29, 1.82) is 0 Å². The molecule has 0 radical (unpaired) electrons. The third kappa shape index (κ3) is 6.07. The highest BCUT2D eigenvalue weighted by Crippen LogP contribution is 2.29. The van der Waals surface area contributed by atoms with Crippen molar-refractivity contribution >= 4 is 33.3 Å². The predicted molar refractivity (Wildman–Crippen MR) is 136 cm³/mol. The summed E-state index contributed by atoms with van der Waals surface area (Å²) in [6.07, 6.45) is 2.67. The van der Waals surface area contributed by atoms with E-state index in [4.69, 9.17) is 13.9 Å². The van der Waals surface area contributed by atoms with Crippen molar-refractivity contribution in [3.8, 4) is 22.9 Å². The van der Waals surface area contributed by atoms with Crippen molar-refractivity contribution in [2.24, 2.45) is 0 Å². The summed E-state index contributed by atoms with van der Waals surface area (Å²) in [6, 6.07) is 15.5. The summed E-state index contributed by atoms with van der Waals surface area (Å²) in [5.41, 5.74) is 1.57. The minimum atomic E-state index is -3.39. The first-order valence-electron chi connectivity index (χ1n) is 10.7. The van der Waals surface area contributed by atoms with Gasteiger partial charge in [0.25, 0.3) is 0 Å². The fraction of sp³-hybridized carbons (Fsp3) is 0.208. The topological polar surface area (TPSA) is 126 Å². The molecule has 188 valence electrons. The lowest BCUT2D eigenvalue weighted by Crippen LogP contribution is -2.09. The number of aromatic nitrogens is 3. The molecule has 0 fully saturated rings. The number of rotatable bonds is 11. The second-order valence-corrected chi connectivity index (χ2v) is 10.4. The minimum Gasteiger partial charge on any atom is -0.497 e. The highest BCUT2D eigenvalue weighted by Gasteiger charge is 2.19. The first-order chi connectivity index (χ1) is 17.3. The Kier molecular flexibility index (Phi) is 7.65. The molecule has 2 aromatic carbocycles. The fourth-order valence-corrected chi connectivity index (χ4v) is 4.84. The van der Waals surface area contributed by atoms with Crippen LogP contribution in [0.5, 0.6) is 11.5 Å². The molecule has 12 heteroatoms. The van der Waals surface area contributed by atoms with Crippen molar-refractivity contribution in [2.75, 3.05) is 31.0 Å². The fourth-order valence-electron chi connectivity index (χ4n) is 3.45. The molecule has 0 aliphatic rings. The number of thioether (sulfide) groups is 1. The summed E-state index contributed by atoms with van der Waals surface area (Å²) in [5.74, 6) is 2.20. The first kappa shape index (κ1) is 25.3. The Morgan fingerprint density at radius 2 is 1.86 bits per heavy atom. The summed E-state index contributed by atoms with van der Waals surface area (Å²) in [5, 5.41) is 9.17. The number of hydrogen-bond acceptors (Lipinski definition) is 9. The summed E-state index contributed by atoms with van der Waals surface area (Å²) in [4.78, 5) is 13.0. The van der Waals surface area contributed by atoms with Crippen LogP contribution in [0.3, 0.4) is 0 Å². The molecule has 0 bridgehead atoms. The van der Waals surface area contributed by atoms with E-state index in [0.717, 1.165) is 11.8 Å². The van der Waals surface area contributed by atoms with Crippen molar-refractivity contribution in [3.05, 3.63) is 72.2 Å². The monoisotopic (exact) mass is 528 g/mol. The largest absolute Gasteiger partial charge is 0.497 e. The number of benzene rings is 2. The Morgan fingerprint density at radius 1 is 1.08 bits per heavy atom. The maximum absolute atomic E-state index is 13.0. The summed E-state index contributed by atoms with van der Waals surface area (Å²) in [6.45, 7) is 0.345. The van der Waals surface area contributed by atoms with E-state index in [1.54, 1.807) is 54.8 Å². The number of ether oxygens (including phenoxy) is 2. The number of anilines is 1. The number of furan rings is 1. The van der Waals surface area contributed by atoms with Crippen LogP contribution < -0.4 is 14.2 Å². The van der Waals surface area contributed by atoms with Gasteiger partial charge in [-0.25, -0.2) is 8.42 Å². The summed E-state index contributed by atoms with van der Waals surface area (Å²) < 4.78 is 43.4. The van der Waals surface area contributed by atoms with Crippen LogP contribution in [-0.2, 0) is 16.6 Å². The van der Waals surface area contributed by atoms with Crippen molar-refractivity contribution in [1.82, 2.24) is 14.8 Å². The lowest BCUT2D eigenvalue weighted by Gasteiger charge is -2.11. The lowest BCUT2D eigenvalue weighted by atomic mass is 10.1. The molecule has 0 saturated carbocycles. The van der Waals surface area contributed by atoms with Crippen LogP contribution in [0.25, 0.3) is 11.4 Å². The average molecular weight is 529 g/mol. The van der Waals surface area contributed by atoms with Crippen molar-refractivity contribution in [2.45, 2.75) is 11.7 Å². The molecule has 36 heavy (non-hydrogen) atoms. The smallest absolute Gasteiger partial charge is 0.229 e. The van der Waals surface area contributed by atoms with Gasteiger partial charge in [-0.2, -0.15) is 0 Å². The Balaban J connectivity index is 1.60. The number of carbonyl (C=O) groups is 1. The van der Waals surface area contributed by atoms with Gasteiger partial charge in [0.05, 0.1) is 44.6 Å². The molecule has 4 aromatic rings. The molecule has 0 saturated heterocycles. The highest BCUT2D eigenvalue weighted by atomic mass is 32.2. The van der Waals surface area contributed by atoms with E-state index in [9.17, 15) is 13.2 Å². The average Bonchev–Trinajstić information content (AvgIpc) is 3.52. The molecule has 2 heterocycles. The van der Waals surface area contributed by atoms with Gasteiger partial charge in [0.15, 0.2) is 16.8 Å². The lowest BCUT2D eigenvalue weighted by molar-refractivity contribution is 0.101. The predicted octanol–water partition coefficient (Wildman–Crippen LogP) is 3.95. The van der Waals surface area contributed by atoms with Crippen LogP contribution in [0, 0.1) is 0 Å². The molecule has 2 aromatic heterocycles. The van der Waals surface area contributed by atoms with E-state index in [-0.39, 0.29) is 11.5 Å². The number of carbonyl (C=O) groups excluding carboxylic acids is 1. The van der Waals surface area contributed by atoms with E-state index >= 15 is 0 Å². The molecule has 0 amide bonds. The van der Waals surface area contributed by atoms with Gasteiger partial charge in [0, 0.05) is 11.3 Å². The maximum Gasteiger partial charge on any atom is 0.229 e. The van der Waals surface area contributed by atoms with Crippen LogP contribution in [0.4, 0.5) is 5.69 Å². The van der Waals surface area contributed by atoms with E-state index in [1.165, 1.54) is 26.0 Å². The van der Waals surface area contributed by atoms with E-state index in [2.05, 4.69) is 14.9 Å². The zero-order chi connectivity index (χ0) is 25.7. The van der Waals surface area contributed by atoms with Crippen molar-refractivity contribution < 1.29 is 27.1 Å². The van der Waals surface area contributed by atoms with Gasteiger partial charge in [-0.15, -0.1) is 10.2 Å². The highest BCUT2D eigenvalue weighted by molar-refractivity contribution is 7.99. The summed E-state index contributed by atoms with van der Waals surface area (Å²) in [7, 11) is -0.345. The van der Waals surface area contributed by atoms with Gasteiger partial charge >= 0.3 is 0 Å². The van der Waals surface area contributed by atoms with Crippen LogP contribution in [0.1, 0.15) is 16.1 Å². The van der Waals surface area contributed by atoms with Gasteiger partial charge in [-0.3, -0.25) is 14.1 Å². The van der Waals surface area contributed by atoms with Crippen LogP contribution in [-0.4, -0.2) is 55.2 Å². The third-order valence-electron chi connectivity index (χ3n) is 5.10. The normalized spacial score (nSPS) is 11.3. The zero-order valence-corrected chi connectivity index (χ0v) is 21.4. The van der Waals surface area contributed by atoms with Gasteiger partial charge in [0.2, 0.25) is 10.0 Å². The van der Waals surface area contributed by atoms with Crippen LogP contribution in [0.2, 0.25) is 0 Å². The van der Waals surface area contributed by atoms with Gasteiger partial charge in [-0.1, -0.05) is 11.8 Å². The number of Topliss-reactive ketones (excluding diaryl/α,β-unsaturated/α-hetero) is 1. The van der Waals surface area contributed by atoms with Crippen molar-refractivity contribution in [3.63, 3.8) is 0 Å². The molecular weight excluding hydrogens is 504 g/mol. The molecule has 0 unspecified atom stereocenters. The number of nitrogens with one attached hydrogen (secondary N) is 1. The molecule has 1 N–H and O–H groups in total. The zero-order valence-electron chi connectivity index (χ0n) is 19.8. The third-order valence-corrected chi connectivity index (χ3v) is 6.67. The summed E-state index contributed by atoms with van der Waals surface area (Å²) >= 11 is 1.24. The Labute approximate surface area is 212 Å². The first-order valence-corrected chi connectivity index (χ1v) is 13.6. The Hall–Kier alpha value is -3.77. The number of hydrogen-bond donors (Lipinski definition) is 1. The minimum absolute atomic E-state index is 0.0943. The molecule has 10 nitrogen and oxygen atoms in total. The second kappa shape index (κ2) is 10.9. The molecule has 0 spiro atoms. The molecule has 0 atom stereocenters. The number of methoxy groups -OCH3 is 2. The van der Waals surface area contributed by atoms with Crippen LogP contribution >= 0.6 is 11.8 Å². The number of sulfonamides is 1. The maximum atomic E-state index is 13.0.